The highest BCUT2D eigenvalue weighted by atomic mass is 15.2. The minimum atomic E-state index is 0.865. The molecule has 0 aromatic carbocycles. The predicted octanol–water partition coefficient (Wildman–Crippen LogP) is 1.97. The lowest BCUT2D eigenvalue weighted by atomic mass is 10.1. The summed E-state index contributed by atoms with van der Waals surface area (Å²) in [7, 11) is 0. The van der Waals surface area contributed by atoms with Crippen molar-refractivity contribution in [2.45, 2.75) is 39.5 Å². The molecular weight excluding hydrogens is 286 g/mol. The second kappa shape index (κ2) is 10.2. The number of nitrogens with zero attached hydrogens (tertiary/aromatic N) is 3. The molecule has 128 valence electrons. The summed E-state index contributed by atoms with van der Waals surface area (Å²) in [5, 5.41) is 6.76. The molecule has 1 aliphatic heterocycles. The van der Waals surface area contributed by atoms with Crippen molar-refractivity contribution in [3.8, 4) is 0 Å². The quantitative estimate of drug-likeness (QED) is 0.596. The predicted molar refractivity (Wildman–Crippen MR) is 97.0 cm³/mol. The Hall–Kier alpha value is -1.62. The summed E-state index contributed by atoms with van der Waals surface area (Å²) in [5.74, 6) is 0.927. The first-order valence-electron chi connectivity index (χ1n) is 8.93. The zero-order valence-electron chi connectivity index (χ0n) is 14.6. The number of guanidine groups is 1. The molecule has 1 aromatic rings. The van der Waals surface area contributed by atoms with Gasteiger partial charge in [0, 0.05) is 32.0 Å². The fraction of sp³-hybridized carbons (Fsp3) is 0.667. The van der Waals surface area contributed by atoms with Crippen molar-refractivity contribution < 1.29 is 0 Å². The van der Waals surface area contributed by atoms with Gasteiger partial charge in [-0.1, -0.05) is 6.42 Å². The van der Waals surface area contributed by atoms with Crippen LogP contribution in [-0.4, -0.2) is 55.1 Å². The Morgan fingerprint density at radius 3 is 2.83 bits per heavy atom. The maximum Gasteiger partial charge on any atom is 0.191 e. The van der Waals surface area contributed by atoms with E-state index in [1.54, 1.807) is 0 Å². The third-order valence-electron chi connectivity index (χ3n) is 4.30. The van der Waals surface area contributed by atoms with E-state index in [-0.39, 0.29) is 0 Å². The summed E-state index contributed by atoms with van der Waals surface area (Å²) in [4.78, 5) is 11.4. The molecule has 0 atom stereocenters. The molecule has 23 heavy (non-hydrogen) atoms. The van der Waals surface area contributed by atoms with E-state index in [0.717, 1.165) is 38.6 Å². The van der Waals surface area contributed by atoms with Crippen LogP contribution in [0.4, 0.5) is 0 Å². The van der Waals surface area contributed by atoms with E-state index in [1.165, 1.54) is 43.5 Å². The molecule has 2 heterocycles. The molecule has 0 saturated carbocycles. The van der Waals surface area contributed by atoms with Gasteiger partial charge < -0.3 is 15.5 Å². The van der Waals surface area contributed by atoms with Crippen molar-refractivity contribution in [3.63, 3.8) is 0 Å². The first-order chi connectivity index (χ1) is 11.3. The number of aryl methyl sites for hydroxylation is 1. The highest BCUT2D eigenvalue weighted by Gasteiger charge is 2.09. The standard InChI is InChI=1S/C18H31N5/c1-3-20-18(22-11-14-23-12-5-4-6-13-23)21-10-8-17-7-9-19-15-16(17)2/h7,9,15H,3-6,8,10-14H2,1-2H3,(H2,20,21,22). The Bertz CT molecular complexity index is 480. The fourth-order valence-corrected chi connectivity index (χ4v) is 2.93. The Kier molecular flexibility index (Phi) is 7.87. The third kappa shape index (κ3) is 6.57. The number of aliphatic imine (C=N–C) groups is 1. The highest BCUT2D eigenvalue weighted by molar-refractivity contribution is 5.79. The minimum Gasteiger partial charge on any atom is -0.357 e. The summed E-state index contributed by atoms with van der Waals surface area (Å²) in [6.45, 7) is 10.4. The smallest absolute Gasteiger partial charge is 0.191 e. The normalized spacial score (nSPS) is 16.3. The lowest BCUT2D eigenvalue weighted by Gasteiger charge is -2.25. The molecule has 1 aromatic heterocycles. The van der Waals surface area contributed by atoms with E-state index in [0.29, 0.717) is 0 Å². The van der Waals surface area contributed by atoms with Crippen LogP contribution in [0.15, 0.2) is 23.5 Å². The van der Waals surface area contributed by atoms with Crippen molar-refractivity contribution in [2.24, 2.45) is 4.99 Å². The number of likely N-dealkylation sites (tertiary alicyclic amines) is 1. The van der Waals surface area contributed by atoms with E-state index >= 15 is 0 Å². The van der Waals surface area contributed by atoms with Gasteiger partial charge in [0.1, 0.15) is 0 Å². The lowest BCUT2D eigenvalue weighted by Crippen LogP contribution is -2.39. The van der Waals surface area contributed by atoms with E-state index < -0.39 is 0 Å². The Morgan fingerprint density at radius 1 is 1.26 bits per heavy atom. The van der Waals surface area contributed by atoms with Crippen molar-refractivity contribution in [2.75, 3.05) is 39.3 Å². The molecular formula is C18H31N5. The highest BCUT2D eigenvalue weighted by Crippen LogP contribution is 2.07. The van der Waals surface area contributed by atoms with E-state index in [1.807, 2.05) is 12.4 Å². The monoisotopic (exact) mass is 317 g/mol. The van der Waals surface area contributed by atoms with Crippen LogP contribution in [-0.2, 0) is 6.42 Å². The second-order valence-electron chi connectivity index (χ2n) is 6.14. The molecule has 0 aliphatic carbocycles. The zero-order chi connectivity index (χ0) is 16.3. The minimum absolute atomic E-state index is 0.865. The van der Waals surface area contributed by atoms with Crippen LogP contribution in [0.1, 0.15) is 37.3 Å². The largest absolute Gasteiger partial charge is 0.357 e. The van der Waals surface area contributed by atoms with E-state index in [2.05, 4.69) is 40.4 Å². The Balaban J connectivity index is 1.73. The summed E-state index contributed by atoms with van der Waals surface area (Å²) in [6, 6.07) is 2.09. The van der Waals surface area contributed by atoms with Gasteiger partial charge in [0.05, 0.1) is 6.54 Å². The van der Waals surface area contributed by atoms with Gasteiger partial charge in [-0.25, -0.2) is 0 Å². The summed E-state index contributed by atoms with van der Waals surface area (Å²) < 4.78 is 0. The van der Waals surface area contributed by atoms with Gasteiger partial charge in [0.15, 0.2) is 5.96 Å². The van der Waals surface area contributed by atoms with Crippen LogP contribution in [0.2, 0.25) is 0 Å². The Labute approximate surface area is 140 Å². The van der Waals surface area contributed by atoms with E-state index in [9.17, 15) is 0 Å². The molecule has 0 radical (unpaired) electrons. The molecule has 5 heteroatoms. The van der Waals surface area contributed by atoms with E-state index in [4.69, 9.17) is 4.99 Å². The molecule has 0 spiro atoms. The van der Waals surface area contributed by atoms with Gasteiger partial charge >= 0.3 is 0 Å². The van der Waals surface area contributed by atoms with Gasteiger partial charge in [-0.3, -0.25) is 9.98 Å². The number of nitrogens with one attached hydrogen (secondary N) is 2. The molecule has 0 amide bonds. The third-order valence-corrected chi connectivity index (χ3v) is 4.30. The van der Waals surface area contributed by atoms with Crippen LogP contribution < -0.4 is 10.6 Å². The maximum atomic E-state index is 4.70. The summed E-state index contributed by atoms with van der Waals surface area (Å²) in [6.07, 6.45) is 8.84. The van der Waals surface area contributed by atoms with Crippen LogP contribution in [0.3, 0.4) is 0 Å². The van der Waals surface area contributed by atoms with Crippen molar-refractivity contribution >= 4 is 5.96 Å². The number of rotatable bonds is 7. The molecule has 2 N–H and O–H groups in total. The van der Waals surface area contributed by atoms with Crippen molar-refractivity contribution in [3.05, 3.63) is 29.6 Å². The zero-order valence-corrected chi connectivity index (χ0v) is 14.6. The number of aromatic nitrogens is 1. The van der Waals surface area contributed by atoms with Gasteiger partial charge in [-0.15, -0.1) is 0 Å². The molecule has 0 unspecified atom stereocenters. The van der Waals surface area contributed by atoms with Crippen molar-refractivity contribution in [1.29, 1.82) is 0 Å². The molecule has 2 rings (SSSR count). The van der Waals surface area contributed by atoms with Crippen LogP contribution in [0, 0.1) is 6.92 Å². The first-order valence-corrected chi connectivity index (χ1v) is 8.93. The van der Waals surface area contributed by atoms with Crippen LogP contribution in [0.25, 0.3) is 0 Å². The topological polar surface area (TPSA) is 52.6 Å². The SMILES string of the molecule is CCNC(=NCCN1CCCCC1)NCCc1ccncc1C. The van der Waals surface area contributed by atoms with Gasteiger partial charge in [0.2, 0.25) is 0 Å². The van der Waals surface area contributed by atoms with Crippen LogP contribution >= 0.6 is 0 Å². The van der Waals surface area contributed by atoms with Crippen molar-refractivity contribution in [1.82, 2.24) is 20.5 Å². The molecule has 1 saturated heterocycles. The molecule has 1 aliphatic rings. The average molecular weight is 317 g/mol. The average Bonchev–Trinajstić information content (AvgIpc) is 2.57. The number of piperidine rings is 1. The Morgan fingerprint density at radius 2 is 2.09 bits per heavy atom. The lowest BCUT2D eigenvalue weighted by molar-refractivity contribution is 0.235. The molecule has 5 nitrogen and oxygen atoms in total. The summed E-state index contributed by atoms with van der Waals surface area (Å²) >= 11 is 0. The molecule has 0 bridgehead atoms. The summed E-state index contributed by atoms with van der Waals surface area (Å²) in [5.41, 5.74) is 2.60. The number of hydrogen-bond acceptors (Lipinski definition) is 3. The fourth-order valence-electron chi connectivity index (χ4n) is 2.93. The van der Waals surface area contributed by atoms with Gasteiger partial charge in [0.25, 0.3) is 0 Å². The molecule has 1 fully saturated rings. The first kappa shape index (κ1) is 17.7. The van der Waals surface area contributed by atoms with Gasteiger partial charge in [-0.05, 0) is 63.4 Å². The van der Waals surface area contributed by atoms with Gasteiger partial charge in [-0.2, -0.15) is 0 Å². The maximum absolute atomic E-state index is 4.70. The van der Waals surface area contributed by atoms with Crippen LogP contribution in [0.5, 0.6) is 0 Å². The second-order valence-corrected chi connectivity index (χ2v) is 6.14. The number of pyridine rings is 1. The number of hydrogen-bond donors (Lipinski definition) is 2.